The van der Waals surface area contributed by atoms with E-state index in [0.717, 1.165) is 5.75 Å². The molecule has 0 amide bonds. The Morgan fingerprint density at radius 1 is 1.43 bits per heavy atom. The van der Waals surface area contributed by atoms with Gasteiger partial charge in [0, 0.05) is 11.8 Å². The molecule has 0 saturated heterocycles. The lowest BCUT2D eigenvalue weighted by atomic mass is 10.2. The van der Waals surface area contributed by atoms with Gasteiger partial charge >= 0.3 is 0 Å². The van der Waals surface area contributed by atoms with E-state index < -0.39 is 20.9 Å². The van der Waals surface area contributed by atoms with Crippen molar-refractivity contribution in [2.75, 3.05) is 31.1 Å². The maximum absolute atomic E-state index is 13.8. The van der Waals surface area contributed by atoms with Crippen LogP contribution in [-0.2, 0) is 11.5 Å². The molecule has 8 heteroatoms. The van der Waals surface area contributed by atoms with Crippen molar-refractivity contribution in [3.63, 3.8) is 0 Å². The predicted octanol–water partition coefficient (Wildman–Crippen LogP) is 2.75. The van der Waals surface area contributed by atoms with Crippen LogP contribution in [-0.4, -0.2) is 45.8 Å². The van der Waals surface area contributed by atoms with Gasteiger partial charge < -0.3 is 4.74 Å². The Kier molecular flexibility index (Phi) is 4.48. The minimum atomic E-state index is -0.845. The van der Waals surface area contributed by atoms with E-state index in [2.05, 4.69) is 23.9 Å². The number of rotatable bonds is 6. The van der Waals surface area contributed by atoms with E-state index in [1.807, 2.05) is 0 Å². The van der Waals surface area contributed by atoms with Gasteiger partial charge in [0.05, 0.1) is 17.0 Å². The minimum absolute atomic E-state index is 0.0763. The molecule has 2 rings (SSSR count). The molecule has 21 heavy (non-hydrogen) atoms. The van der Waals surface area contributed by atoms with Crippen LogP contribution in [0.3, 0.4) is 0 Å². The highest BCUT2D eigenvalue weighted by atomic mass is 32.3. The van der Waals surface area contributed by atoms with Gasteiger partial charge in [-0.2, -0.15) is 4.39 Å². The Hall–Kier alpha value is -1.67. The molecular weight excluding hydrogens is 297 g/mol. The summed E-state index contributed by atoms with van der Waals surface area (Å²) in [6.45, 7) is 0.633. The quantitative estimate of drug-likeness (QED) is 0.467. The molecule has 6 nitrogen and oxygen atoms in total. The van der Waals surface area contributed by atoms with Gasteiger partial charge in [0.15, 0.2) is 0 Å². The lowest BCUT2D eigenvalue weighted by Gasteiger charge is -2.24. The molecule has 0 aliphatic heterocycles. The summed E-state index contributed by atoms with van der Waals surface area (Å²) in [7, 11) is -0.652. The first-order chi connectivity index (χ1) is 9.79. The molecule has 2 aromatic rings. The van der Waals surface area contributed by atoms with Crippen molar-refractivity contribution in [3.8, 4) is 0 Å². The van der Waals surface area contributed by atoms with Crippen LogP contribution in [0.1, 0.15) is 0 Å². The van der Waals surface area contributed by atoms with Gasteiger partial charge in [0.1, 0.15) is 12.1 Å². The molecule has 0 radical (unpaired) electrons. The number of ether oxygens (including phenoxy) is 1. The standard InChI is InChI=1S/C13H18FN3O3S/c1-21(2,3)8-7-20-9-16-10-5-4-6-11(17(18)19)12(10)13(14)15-16/h4-6H,7-9H2,1-3H3. The zero-order valence-corrected chi connectivity index (χ0v) is 13.0. The van der Waals surface area contributed by atoms with Crippen molar-refractivity contribution in [2.24, 2.45) is 0 Å². The zero-order valence-electron chi connectivity index (χ0n) is 12.2. The molecule has 0 saturated carbocycles. The molecule has 0 atom stereocenters. The van der Waals surface area contributed by atoms with E-state index in [0.29, 0.717) is 12.1 Å². The largest absolute Gasteiger partial charge is 0.358 e. The number of fused-ring (bicyclic) bond motifs is 1. The fourth-order valence-corrected chi connectivity index (χ4v) is 2.49. The van der Waals surface area contributed by atoms with Gasteiger partial charge in [0.2, 0.25) is 5.95 Å². The minimum Gasteiger partial charge on any atom is -0.358 e. The first-order valence-corrected chi connectivity index (χ1v) is 9.35. The van der Waals surface area contributed by atoms with E-state index in [-0.39, 0.29) is 17.8 Å². The molecule has 0 N–H and O–H groups in total. The van der Waals surface area contributed by atoms with Gasteiger partial charge in [-0.25, -0.2) is 14.7 Å². The highest BCUT2D eigenvalue weighted by Crippen LogP contribution is 2.33. The maximum atomic E-state index is 13.8. The Morgan fingerprint density at radius 3 is 2.76 bits per heavy atom. The summed E-state index contributed by atoms with van der Waals surface area (Å²) in [5.74, 6) is 0.0943. The SMILES string of the molecule is CS(C)(C)CCOCn1nc(F)c2c([N+](=O)[O-])cccc21. The van der Waals surface area contributed by atoms with E-state index in [1.165, 1.54) is 16.8 Å². The molecule has 1 aromatic carbocycles. The molecule has 0 aliphatic carbocycles. The predicted molar refractivity (Wildman–Crippen MR) is 82.5 cm³/mol. The number of aromatic nitrogens is 2. The van der Waals surface area contributed by atoms with E-state index in [4.69, 9.17) is 4.74 Å². The van der Waals surface area contributed by atoms with Crippen LogP contribution < -0.4 is 0 Å². The Morgan fingerprint density at radius 2 is 2.14 bits per heavy atom. The zero-order chi connectivity index (χ0) is 15.6. The van der Waals surface area contributed by atoms with Crippen molar-refractivity contribution in [1.82, 2.24) is 9.78 Å². The van der Waals surface area contributed by atoms with Crippen molar-refractivity contribution >= 4 is 26.6 Å². The highest BCUT2D eigenvalue weighted by Gasteiger charge is 2.20. The topological polar surface area (TPSA) is 70.2 Å². The van der Waals surface area contributed by atoms with Crippen LogP contribution in [0.15, 0.2) is 18.2 Å². The summed E-state index contributed by atoms with van der Waals surface area (Å²) < 4.78 is 20.7. The van der Waals surface area contributed by atoms with Gasteiger partial charge in [0.25, 0.3) is 5.69 Å². The molecule has 0 unspecified atom stereocenters. The summed E-state index contributed by atoms with van der Waals surface area (Å²) in [6, 6.07) is 4.37. The third-order valence-electron chi connectivity index (χ3n) is 2.96. The van der Waals surface area contributed by atoms with Crippen LogP contribution in [0.25, 0.3) is 10.9 Å². The highest BCUT2D eigenvalue weighted by molar-refractivity contribution is 8.32. The van der Waals surface area contributed by atoms with Crippen molar-refractivity contribution in [2.45, 2.75) is 6.73 Å². The summed E-state index contributed by atoms with van der Waals surface area (Å²) >= 11 is 0. The molecule has 1 aromatic heterocycles. The number of benzene rings is 1. The first-order valence-electron chi connectivity index (χ1n) is 6.33. The van der Waals surface area contributed by atoms with Gasteiger partial charge in [-0.1, -0.05) is 6.07 Å². The number of non-ortho nitro benzene ring substituents is 1. The van der Waals surface area contributed by atoms with Crippen LogP contribution in [0.5, 0.6) is 0 Å². The molecular formula is C13H18FN3O3S. The maximum Gasteiger partial charge on any atom is 0.283 e. The second kappa shape index (κ2) is 5.98. The number of hydrogen-bond donors (Lipinski definition) is 0. The molecule has 1 heterocycles. The normalized spacial score (nSPS) is 12.8. The Bertz CT molecular complexity index is 666. The molecule has 116 valence electrons. The number of hydrogen-bond acceptors (Lipinski definition) is 4. The smallest absolute Gasteiger partial charge is 0.283 e. The number of nitrogens with zero attached hydrogens (tertiary/aromatic N) is 3. The lowest BCUT2D eigenvalue weighted by Crippen LogP contribution is -2.10. The average molecular weight is 315 g/mol. The van der Waals surface area contributed by atoms with Crippen LogP contribution >= 0.6 is 10.0 Å². The third-order valence-corrected chi connectivity index (χ3v) is 4.36. The number of halogens is 1. The fraction of sp³-hybridized carbons (Fsp3) is 0.462. The average Bonchev–Trinajstić information content (AvgIpc) is 2.71. The first kappa shape index (κ1) is 15.7. The van der Waals surface area contributed by atoms with Gasteiger partial charge in [-0.05, 0) is 24.8 Å². The van der Waals surface area contributed by atoms with E-state index in [9.17, 15) is 14.5 Å². The third kappa shape index (κ3) is 3.70. The van der Waals surface area contributed by atoms with E-state index >= 15 is 0 Å². The lowest BCUT2D eigenvalue weighted by molar-refractivity contribution is -0.383. The van der Waals surface area contributed by atoms with E-state index in [1.54, 1.807) is 6.07 Å². The number of nitro groups is 1. The van der Waals surface area contributed by atoms with Crippen LogP contribution in [0.4, 0.5) is 10.1 Å². The molecule has 0 fully saturated rings. The Balaban J connectivity index is 2.18. The van der Waals surface area contributed by atoms with Gasteiger partial charge in [-0.15, -0.1) is 5.10 Å². The summed E-state index contributed by atoms with van der Waals surface area (Å²) in [5.41, 5.74) is 0.0835. The van der Waals surface area contributed by atoms with Crippen molar-refractivity contribution in [3.05, 3.63) is 34.3 Å². The Labute approximate surface area is 123 Å². The van der Waals surface area contributed by atoms with Crippen molar-refractivity contribution in [1.29, 1.82) is 0 Å². The summed E-state index contributed by atoms with van der Waals surface area (Å²) in [6.07, 6.45) is 6.55. The van der Waals surface area contributed by atoms with Gasteiger partial charge in [-0.3, -0.25) is 10.1 Å². The number of nitro benzene ring substituents is 1. The van der Waals surface area contributed by atoms with Crippen LogP contribution in [0.2, 0.25) is 0 Å². The fourth-order valence-electron chi connectivity index (χ4n) is 1.88. The monoisotopic (exact) mass is 315 g/mol. The van der Waals surface area contributed by atoms with Crippen LogP contribution in [0, 0.1) is 16.1 Å². The molecule has 0 spiro atoms. The summed E-state index contributed by atoms with van der Waals surface area (Å²) in [4.78, 5) is 10.3. The molecule has 0 aliphatic rings. The summed E-state index contributed by atoms with van der Waals surface area (Å²) in [5, 5.41) is 14.5. The second-order valence-electron chi connectivity index (χ2n) is 5.55. The molecule has 0 bridgehead atoms. The second-order valence-corrected chi connectivity index (χ2v) is 10.1. The van der Waals surface area contributed by atoms with Crippen molar-refractivity contribution < 1.29 is 14.1 Å².